The van der Waals surface area contributed by atoms with Gasteiger partial charge in [-0.15, -0.1) is 0 Å². The van der Waals surface area contributed by atoms with Gasteiger partial charge in [-0.3, -0.25) is 15.1 Å². The van der Waals surface area contributed by atoms with Gasteiger partial charge in [0, 0.05) is 28.3 Å². The maximum atomic E-state index is 11.1. The van der Waals surface area contributed by atoms with Crippen LogP contribution in [0.3, 0.4) is 0 Å². The number of hydrogen-bond acceptors (Lipinski definition) is 6. The van der Waals surface area contributed by atoms with Crippen molar-refractivity contribution in [3.05, 3.63) is 68.7 Å². The van der Waals surface area contributed by atoms with Crippen LogP contribution in [0.25, 0.3) is 0 Å². The molecule has 24 heavy (non-hydrogen) atoms. The van der Waals surface area contributed by atoms with E-state index in [1.165, 1.54) is 12.1 Å². The van der Waals surface area contributed by atoms with Crippen LogP contribution in [0.4, 0.5) is 11.4 Å². The molecule has 2 aromatic carbocycles. The Morgan fingerprint density at radius 3 is 2.67 bits per heavy atom. The van der Waals surface area contributed by atoms with E-state index in [4.69, 9.17) is 17.4 Å². The van der Waals surface area contributed by atoms with Gasteiger partial charge in [0.05, 0.1) is 16.3 Å². The molecule has 0 spiro atoms. The van der Waals surface area contributed by atoms with Crippen LogP contribution in [0, 0.1) is 10.1 Å². The average molecular weight is 344 g/mol. The lowest BCUT2D eigenvalue weighted by Gasteiger charge is -2.11. The van der Waals surface area contributed by atoms with Crippen molar-refractivity contribution in [2.24, 2.45) is 15.8 Å². The summed E-state index contributed by atoms with van der Waals surface area (Å²) in [6.07, 6.45) is 0. The van der Waals surface area contributed by atoms with Gasteiger partial charge >= 0.3 is 0 Å². The number of hydrogen-bond donors (Lipinski definition) is 2. The molecule has 0 aromatic heterocycles. The van der Waals surface area contributed by atoms with E-state index in [0.29, 0.717) is 33.4 Å². The Labute approximate surface area is 143 Å². The fourth-order valence-electron chi connectivity index (χ4n) is 2.49. The predicted octanol–water partition coefficient (Wildman–Crippen LogP) is 2.98. The number of rotatable bonds is 2. The topological polar surface area (TPSA) is 106 Å². The summed E-state index contributed by atoms with van der Waals surface area (Å²) >= 11 is 6.31. The van der Waals surface area contributed by atoms with Crippen molar-refractivity contribution in [2.75, 3.05) is 0 Å². The maximum Gasteiger partial charge on any atom is 0.270 e. The Morgan fingerprint density at radius 2 is 2.00 bits per heavy atom. The third-order valence-corrected chi connectivity index (χ3v) is 4.01. The number of nitro groups is 1. The number of nitro benzene ring substituents is 1. The molecule has 1 heterocycles. The summed E-state index contributed by atoms with van der Waals surface area (Å²) < 4.78 is 0. The summed E-state index contributed by atoms with van der Waals surface area (Å²) in [5.74, 6) is 5.99. The van der Waals surface area contributed by atoms with Crippen LogP contribution in [0.5, 0.6) is 0 Å². The van der Waals surface area contributed by atoms with Gasteiger partial charge in [-0.25, -0.2) is 10.8 Å². The van der Waals surface area contributed by atoms with Crippen LogP contribution in [0.1, 0.15) is 18.1 Å². The lowest BCUT2D eigenvalue weighted by atomic mass is 10.00. The summed E-state index contributed by atoms with van der Waals surface area (Å²) in [6, 6.07) is 11.3. The van der Waals surface area contributed by atoms with Crippen LogP contribution >= 0.6 is 11.6 Å². The van der Waals surface area contributed by atoms with Crippen molar-refractivity contribution < 1.29 is 4.92 Å². The second kappa shape index (κ2) is 6.38. The van der Waals surface area contributed by atoms with Crippen molar-refractivity contribution in [2.45, 2.75) is 13.0 Å². The Balaban J connectivity index is 2.29. The number of amidine groups is 1. The summed E-state index contributed by atoms with van der Waals surface area (Å²) in [6.45, 7) is 1.83. The Hall–Kier alpha value is -2.77. The number of nitrogens with zero attached hydrogens (tertiary/aromatic N) is 3. The molecular formula is C16H14ClN5O2. The molecule has 0 radical (unpaired) electrons. The molecule has 1 aliphatic rings. The largest absolute Gasteiger partial charge is 0.310 e. The van der Waals surface area contributed by atoms with E-state index in [1.807, 2.05) is 25.1 Å². The summed E-state index contributed by atoms with van der Waals surface area (Å²) in [7, 11) is 0. The van der Waals surface area contributed by atoms with Gasteiger partial charge in [0.25, 0.3) is 5.69 Å². The fourth-order valence-corrected chi connectivity index (χ4v) is 2.72. The van der Waals surface area contributed by atoms with Crippen LogP contribution in [-0.4, -0.2) is 22.5 Å². The normalized spacial score (nSPS) is 16.5. The highest BCUT2D eigenvalue weighted by Gasteiger charge is 2.23. The molecule has 3 rings (SSSR count). The number of nitrogens with two attached hydrogens (primary N) is 1. The summed E-state index contributed by atoms with van der Waals surface area (Å²) in [5.41, 5.74) is 4.79. The van der Waals surface area contributed by atoms with Crippen molar-refractivity contribution in [3.63, 3.8) is 0 Å². The highest BCUT2D eigenvalue weighted by molar-refractivity contribution is 6.36. The van der Waals surface area contributed by atoms with E-state index in [2.05, 4.69) is 15.4 Å². The monoisotopic (exact) mass is 343 g/mol. The molecule has 0 saturated carbocycles. The molecule has 1 aliphatic heterocycles. The SMILES string of the molecule is CC1N=C(c2ccccc2Cl)c2cc([N+](=O)[O-])ccc2N=C1NN. The van der Waals surface area contributed by atoms with Crippen LogP contribution in [0.2, 0.25) is 5.02 Å². The number of aliphatic imine (C=N–C) groups is 2. The van der Waals surface area contributed by atoms with Crippen molar-refractivity contribution >= 4 is 34.5 Å². The molecule has 7 nitrogen and oxygen atoms in total. The molecular weight excluding hydrogens is 330 g/mol. The van der Waals surface area contributed by atoms with E-state index >= 15 is 0 Å². The van der Waals surface area contributed by atoms with Gasteiger partial charge in [0.2, 0.25) is 0 Å². The highest BCUT2D eigenvalue weighted by atomic mass is 35.5. The second-order valence-corrected chi connectivity index (χ2v) is 5.64. The lowest BCUT2D eigenvalue weighted by Crippen LogP contribution is -2.37. The zero-order chi connectivity index (χ0) is 17.3. The molecule has 0 bridgehead atoms. The molecule has 1 unspecified atom stereocenters. The number of nitrogens with one attached hydrogen (secondary N) is 1. The first-order valence-corrected chi connectivity index (χ1v) is 7.55. The number of fused-ring (bicyclic) bond motifs is 1. The average Bonchev–Trinajstić information content (AvgIpc) is 2.71. The van der Waals surface area contributed by atoms with Crippen molar-refractivity contribution in [3.8, 4) is 0 Å². The molecule has 0 aliphatic carbocycles. The van der Waals surface area contributed by atoms with Crippen LogP contribution in [-0.2, 0) is 0 Å². The zero-order valence-corrected chi connectivity index (χ0v) is 13.5. The first-order chi connectivity index (χ1) is 11.5. The number of halogens is 1. The van der Waals surface area contributed by atoms with Crippen LogP contribution in [0.15, 0.2) is 52.4 Å². The molecule has 1 atom stereocenters. The van der Waals surface area contributed by atoms with E-state index in [9.17, 15) is 10.1 Å². The van der Waals surface area contributed by atoms with Crippen molar-refractivity contribution in [1.82, 2.24) is 5.43 Å². The molecule has 122 valence electrons. The second-order valence-electron chi connectivity index (χ2n) is 5.23. The highest BCUT2D eigenvalue weighted by Crippen LogP contribution is 2.31. The van der Waals surface area contributed by atoms with Gasteiger partial charge in [-0.2, -0.15) is 0 Å². The minimum Gasteiger partial charge on any atom is -0.310 e. The molecule has 2 aromatic rings. The summed E-state index contributed by atoms with van der Waals surface area (Å²) in [4.78, 5) is 19.8. The number of hydrazine groups is 1. The standard InChI is InChI=1S/C16H14ClN5O2/c1-9-16(21-18)20-14-7-6-10(22(23)24)8-12(14)15(19-9)11-4-2-3-5-13(11)17/h2-9H,18H2,1H3,(H,20,21). The fraction of sp³-hybridized carbons (Fsp3) is 0.125. The van der Waals surface area contributed by atoms with Crippen LogP contribution < -0.4 is 11.3 Å². The van der Waals surface area contributed by atoms with Crippen molar-refractivity contribution in [1.29, 1.82) is 0 Å². The number of non-ortho nitro benzene ring substituents is 1. The molecule has 3 N–H and O–H groups in total. The predicted molar refractivity (Wildman–Crippen MR) is 94.1 cm³/mol. The maximum absolute atomic E-state index is 11.1. The van der Waals surface area contributed by atoms with Gasteiger partial charge in [0.1, 0.15) is 11.9 Å². The smallest absolute Gasteiger partial charge is 0.270 e. The van der Waals surface area contributed by atoms with E-state index in [-0.39, 0.29) is 11.7 Å². The third kappa shape index (κ3) is 2.86. The van der Waals surface area contributed by atoms with Gasteiger partial charge in [-0.1, -0.05) is 29.8 Å². The summed E-state index contributed by atoms with van der Waals surface area (Å²) in [5, 5.41) is 11.6. The van der Waals surface area contributed by atoms with Gasteiger partial charge < -0.3 is 5.43 Å². The minimum absolute atomic E-state index is 0.0412. The minimum atomic E-state index is -0.454. The van der Waals surface area contributed by atoms with Gasteiger partial charge in [0.15, 0.2) is 0 Å². The Bertz CT molecular complexity index is 879. The molecule has 0 fully saturated rings. The first-order valence-electron chi connectivity index (χ1n) is 7.18. The molecule has 0 amide bonds. The Kier molecular flexibility index (Phi) is 4.28. The van der Waals surface area contributed by atoms with E-state index in [1.54, 1.807) is 12.1 Å². The first kappa shape index (κ1) is 16.1. The van der Waals surface area contributed by atoms with Gasteiger partial charge in [-0.05, 0) is 19.1 Å². The quantitative estimate of drug-likeness (QED) is 0.496. The molecule has 8 heteroatoms. The molecule has 0 saturated heterocycles. The van der Waals surface area contributed by atoms with E-state index < -0.39 is 4.92 Å². The van der Waals surface area contributed by atoms with E-state index in [0.717, 1.165) is 0 Å². The third-order valence-electron chi connectivity index (χ3n) is 3.68. The zero-order valence-electron chi connectivity index (χ0n) is 12.7. The Morgan fingerprint density at radius 1 is 1.25 bits per heavy atom. The number of benzene rings is 2. The lowest BCUT2D eigenvalue weighted by molar-refractivity contribution is -0.384.